The van der Waals surface area contributed by atoms with E-state index in [0.29, 0.717) is 23.1 Å². The molecule has 0 saturated carbocycles. The summed E-state index contributed by atoms with van der Waals surface area (Å²) in [6, 6.07) is 6.35. The zero-order valence-corrected chi connectivity index (χ0v) is 18.1. The molecule has 0 spiro atoms. The standard InChI is InChI=1S/C23H22F4N2O4/c1-4-12(2)28-21(31)10-16-13(3)29(19-11-18(24)20(30)9-17(16)19)22(32)14-5-7-15(8-6-14)33-23(25,26)27/h5-9,11-12,30H,4,10H2,1-3H3,(H,28,31)/t12-/m0/s1. The molecule has 6 nitrogen and oxygen atoms in total. The minimum absolute atomic E-state index is 0.0219. The molecule has 1 amide bonds. The first kappa shape index (κ1) is 24.1. The zero-order valence-electron chi connectivity index (χ0n) is 18.1. The largest absolute Gasteiger partial charge is 0.573 e. The van der Waals surface area contributed by atoms with Crippen LogP contribution in [0.25, 0.3) is 10.9 Å². The number of carbonyl (C=O) groups is 2. The van der Waals surface area contributed by atoms with Gasteiger partial charge in [-0.15, -0.1) is 13.2 Å². The van der Waals surface area contributed by atoms with E-state index in [9.17, 15) is 32.3 Å². The van der Waals surface area contributed by atoms with Crippen molar-refractivity contribution in [2.24, 2.45) is 0 Å². The highest BCUT2D eigenvalue weighted by molar-refractivity contribution is 6.05. The molecule has 0 saturated heterocycles. The van der Waals surface area contributed by atoms with Crippen molar-refractivity contribution < 1.29 is 37.0 Å². The van der Waals surface area contributed by atoms with Crippen molar-refractivity contribution in [3.8, 4) is 11.5 Å². The van der Waals surface area contributed by atoms with Gasteiger partial charge >= 0.3 is 6.36 Å². The number of nitrogens with one attached hydrogen (secondary N) is 1. The first-order chi connectivity index (χ1) is 15.4. The SMILES string of the molecule is CC[C@H](C)NC(=O)Cc1c(C)n(C(=O)c2ccc(OC(F)(F)F)cc2)c2cc(F)c(O)cc12. The Balaban J connectivity index is 2.05. The van der Waals surface area contributed by atoms with Crippen LogP contribution in [0.2, 0.25) is 0 Å². The zero-order chi connectivity index (χ0) is 24.5. The Morgan fingerprint density at radius 1 is 1.18 bits per heavy atom. The summed E-state index contributed by atoms with van der Waals surface area (Å²) in [6.45, 7) is 5.32. The molecule has 1 atom stereocenters. The number of alkyl halides is 3. The molecule has 33 heavy (non-hydrogen) atoms. The summed E-state index contributed by atoms with van der Waals surface area (Å²) in [5.74, 6) is -3.04. The molecule has 0 unspecified atom stereocenters. The monoisotopic (exact) mass is 466 g/mol. The van der Waals surface area contributed by atoms with Gasteiger partial charge in [0.1, 0.15) is 5.75 Å². The van der Waals surface area contributed by atoms with Gasteiger partial charge in [0, 0.05) is 28.8 Å². The van der Waals surface area contributed by atoms with Gasteiger partial charge < -0.3 is 15.2 Å². The Hall–Kier alpha value is -3.56. The number of hydrogen-bond donors (Lipinski definition) is 2. The molecule has 176 valence electrons. The molecule has 1 aromatic heterocycles. The Kier molecular flexibility index (Phi) is 6.66. The highest BCUT2D eigenvalue weighted by atomic mass is 19.4. The molecule has 3 aromatic rings. The Bertz CT molecular complexity index is 1200. The maximum atomic E-state index is 14.1. The summed E-state index contributed by atoms with van der Waals surface area (Å²) in [5.41, 5.74) is 0.907. The molecule has 1 heterocycles. The van der Waals surface area contributed by atoms with Crippen LogP contribution in [-0.2, 0) is 11.2 Å². The van der Waals surface area contributed by atoms with E-state index >= 15 is 0 Å². The second-order valence-corrected chi connectivity index (χ2v) is 7.65. The summed E-state index contributed by atoms with van der Waals surface area (Å²) < 4.78 is 56.3. The summed E-state index contributed by atoms with van der Waals surface area (Å²) in [5, 5.41) is 13.0. The Labute approximate surface area is 186 Å². The number of rotatable bonds is 6. The van der Waals surface area contributed by atoms with Gasteiger partial charge in [-0.1, -0.05) is 6.92 Å². The maximum absolute atomic E-state index is 14.1. The van der Waals surface area contributed by atoms with Gasteiger partial charge in [0.15, 0.2) is 11.6 Å². The number of nitrogens with zero attached hydrogens (tertiary/aromatic N) is 1. The van der Waals surface area contributed by atoms with Crippen LogP contribution >= 0.6 is 0 Å². The highest BCUT2D eigenvalue weighted by Crippen LogP contribution is 2.32. The Morgan fingerprint density at radius 3 is 2.39 bits per heavy atom. The van der Waals surface area contributed by atoms with Crippen LogP contribution in [0.4, 0.5) is 17.6 Å². The maximum Gasteiger partial charge on any atom is 0.573 e. The van der Waals surface area contributed by atoms with E-state index in [2.05, 4.69) is 10.1 Å². The molecule has 0 aliphatic rings. The molecular formula is C23H22F4N2O4. The molecule has 2 aromatic carbocycles. The predicted octanol–water partition coefficient (Wildman–Crippen LogP) is 4.84. The topological polar surface area (TPSA) is 80.6 Å². The van der Waals surface area contributed by atoms with E-state index < -0.39 is 29.6 Å². The van der Waals surface area contributed by atoms with Crippen molar-refractivity contribution in [3.63, 3.8) is 0 Å². The number of fused-ring (bicyclic) bond motifs is 1. The van der Waals surface area contributed by atoms with E-state index in [-0.39, 0.29) is 29.4 Å². The third kappa shape index (κ3) is 5.27. The van der Waals surface area contributed by atoms with Crippen molar-refractivity contribution in [2.75, 3.05) is 0 Å². The lowest BCUT2D eigenvalue weighted by Crippen LogP contribution is -2.33. The van der Waals surface area contributed by atoms with Gasteiger partial charge in [0.2, 0.25) is 5.91 Å². The third-order valence-corrected chi connectivity index (χ3v) is 5.30. The first-order valence-electron chi connectivity index (χ1n) is 10.1. The van der Waals surface area contributed by atoms with Crippen LogP contribution in [0, 0.1) is 12.7 Å². The molecule has 0 bridgehead atoms. The van der Waals surface area contributed by atoms with E-state index in [1.165, 1.54) is 4.57 Å². The van der Waals surface area contributed by atoms with Crippen molar-refractivity contribution in [3.05, 3.63) is 59.0 Å². The fraction of sp³-hybridized carbons (Fsp3) is 0.304. The van der Waals surface area contributed by atoms with E-state index in [4.69, 9.17) is 0 Å². The minimum Gasteiger partial charge on any atom is -0.505 e. The average molecular weight is 466 g/mol. The van der Waals surface area contributed by atoms with Crippen LogP contribution in [-0.4, -0.2) is 33.9 Å². The van der Waals surface area contributed by atoms with Gasteiger partial charge in [-0.05, 0) is 56.2 Å². The quantitative estimate of drug-likeness (QED) is 0.510. The highest BCUT2D eigenvalue weighted by Gasteiger charge is 2.31. The lowest BCUT2D eigenvalue weighted by Gasteiger charge is -2.12. The number of amides is 1. The molecule has 0 aliphatic carbocycles. The number of benzene rings is 2. The van der Waals surface area contributed by atoms with Crippen LogP contribution in [0.15, 0.2) is 36.4 Å². The molecule has 3 rings (SSSR count). The van der Waals surface area contributed by atoms with Crippen molar-refractivity contribution in [2.45, 2.75) is 46.0 Å². The summed E-state index contributed by atoms with van der Waals surface area (Å²) in [6.07, 6.45) is -4.27. The van der Waals surface area contributed by atoms with Crippen LogP contribution in [0.3, 0.4) is 0 Å². The fourth-order valence-electron chi connectivity index (χ4n) is 3.49. The van der Waals surface area contributed by atoms with Gasteiger partial charge in [-0.2, -0.15) is 0 Å². The first-order valence-corrected chi connectivity index (χ1v) is 10.1. The van der Waals surface area contributed by atoms with Gasteiger partial charge in [-0.3, -0.25) is 14.2 Å². The summed E-state index contributed by atoms with van der Waals surface area (Å²) in [4.78, 5) is 25.7. The number of phenols is 1. The second-order valence-electron chi connectivity index (χ2n) is 7.65. The second kappa shape index (κ2) is 9.13. The normalized spacial score (nSPS) is 12.6. The number of aromatic nitrogens is 1. The van der Waals surface area contributed by atoms with Crippen LogP contribution in [0.1, 0.15) is 41.9 Å². The molecule has 0 aliphatic heterocycles. The average Bonchev–Trinajstić information content (AvgIpc) is 2.97. The lowest BCUT2D eigenvalue weighted by atomic mass is 10.1. The van der Waals surface area contributed by atoms with Crippen LogP contribution < -0.4 is 10.1 Å². The molecule has 2 N–H and O–H groups in total. The number of carbonyl (C=O) groups excluding carboxylic acids is 2. The minimum atomic E-state index is -4.87. The molecule has 0 fully saturated rings. The molecular weight excluding hydrogens is 444 g/mol. The summed E-state index contributed by atoms with van der Waals surface area (Å²) >= 11 is 0. The van der Waals surface area contributed by atoms with E-state index in [1.54, 1.807) is 6.92 Å². The van der Waals surface area contributed by atoms with E-state index in [1.807, 2.05) is 13.8 Å². The molecule has 10 heteroatoms. The van der Waals surface area contributed by atoms with E-state index in [0.717, 1.165) is 36.4 Å². The summed E-state index contributed by atoms with van der Waals surface area (Å²) in [7, 11) is 0. The number of aromatic hydroxyl groups is 1. The van der Waals surface area contributed by atoms with Crippen LogP contribution in [0.5, 0.6) is 11.5 Å². The lowest BCUT2D eigenvalue weighted by molar-refractivity contribution is -0.274. The van der Waals surface area contributed by atoms with Crippen molar-refractivity contribution in [1.82, 2.24) is 9.88 Å². The predicted molar refractivity (Wildman–Crippen MR) is 113 cm³/mol. The van der Waals surface area contributed by atoms with Gasteiger partial charge in [0.25, 0.3) is 5.91 Å². The fourth-order valence-corrected chi connectivity index (χ4v) is 3.49. The number of halogens is 4. The smallest absolute Gasteiger partial charge is 0.505 e. The van der Waals surface area contributed by atoms with Crippen molar-refractivity contribution in [1.29, 1.82) is 0 Å². The third-order valence-electron chi connectivity index (χ3n) is 5.30. The number of hydrogen-bond acceptors (Lipinski definition) is 4. The van der Waals surface area contributed by atoms with Gasteiger partial charge in [0.05, 0.1) is 11.9 Å². The van der Waals surface area contributed by atoms with Crippen molar-refractivity contribution >= 4 is 22.7 Å². The number of phenolic OH excluding ortho intramolecular Hbond substituents is 1. The number of ether oxygens (including phenoxy) is 1. The molecule has 0 radical (unpaired) electrons. The van der Waals surface area contributed by atoms with Gasteiger partial charge in [-0.25, -0.2) is 4.39 Å². The Morgan fingerprint density at radius 2 is 1.82 bits per heavy atom.